The van der Waals surface area contributed by atoms with Crippen molar-refractivity contribution in [2.24, 2.45) is 0 Å². The summed E-state index contributed by atoms with van der Waals surface area (Å²) in [5.74, 6) is 0.105. The highest BCUT2D eigenvalue weighted by Crippen LogP contribution is 2.19. The molecule has 102 valence electrons. The third-order valence-corrected chi connectivity index (χ3v) is 2.93. The number of nitrogens with one attached hydrogen (secondary N) is 2. The maximum Gasteiger partial charge on any atom is 0.269 e. The summed E-state index contributed by atoms with van der Waals surface area (Å²) >= 11 is 0. The highest BCUT2D eigenvalue weighted by molar-refractivity contribution is 5.76. The number of non-ortho nitro benzene ring substituents is 1. The van der Waals surface area contributed by atoms with Crippen LogP contribution in [0.2, 0.25) is 0 Å². The van der Waals surface area contributed by atoms with Gasteiger partial charge >= 0.3 is 0 Å². The smallest absolute Gasteiger partial charge is 0.269 e. The molecule has 0 saturated heterocycles. The number of amides is 1. The van der Waals surface area contributed by atoms with Crippen molar-refractivity contribution in [1.82, 2.24) is 5.32 Å². The zero-order valence-corrected chi connectivity index (χ0v) is 10.6. The Morgan fingerprint density at radius 3 is 2.58 bits per heavy atom. The molecule has 6 heteroatoms. The van der Waals surface area contributed by atoms with E-state index in [1.54, 1.807) is 12.1 Å². The van der Waals surface area contributed by atoms with E-state index < -0.39 is 4.92 Å². The van der Waals surface area contributed by atoms with E-state index in [0.29, 0.717) is 19.0 Å². The number of nitro benzene ring substituents is 1. The Balaban J connectivity index is 1.64. The molecule has 2 N–H and O–H groups in total. The maximum atomic E-state index is 11.4. The van der Waals surface area contributed by atoms with Crippen molar-refractivity contribution in [3.63, 3.8) is 0 Å². The van der Waals surface area contributed by atoms with Crippen molar-refractivity contribution in [2.75, 3.05) is 11.9 Å². The number of carbonyl (C=O) groups excluding carboxylic acids is 1. The summed E-state index contributed by atoms with van der Waals surface area (Å²) in [5, 5.41) is 16.5. The quantitative estimate of drug-likeness (QED) is 0.448. The predicted molar refractivity (Wildman–Crippen MR) is 72.0 cm³/mol. The van der Waals surface area contributed by atoms with Gasteiger partial charge in [0, 0.05) is 36.8 Å². The van der Waals surface area contributed by atoms with Crippen LogP contribution in [0.25, 0.3) is 0 Å². The summed E-state index contributed by atoms with van der Waals surface area (Å²) in [6, 6.07) is 6.67. The molecule has 2 rings (SSSR count). The van der Waals surface area contributed by atoms with Crippen molar-refractivity contribution in [2.45, 2.75) is 31.7 Å². The predicted octanol–water partition coefficient (Wildman–Crippen LogP) is 2.07. The third kappa shape index (κ3) is 4.57. The first kappa shape index (κ1) is 13.3. The minimum Gasteiger partial charge on any atom is -0.385 e. The van der Waals surface area contributed by atoms with Crippen LogP contribution in [-0.2, 0) is 4.79 Å². The van der Waals surface area contributed by atoms with E-state index in [9.17, 15) is 14.9 Å². The number of hydrogen-bond donors (Lipinski definition) is 2. The number of carbonyl (C=O) groups is 1. The van der Waals surface area contributed by atoms with Gasteiger partial charge in [-0.25, -0.2) is 0 Å². The fourth-order valence-corrected chi connectivity index (χ4v) is 1.71. The van der Waals surface area contributed by atoms with Crippen molar-refractivity contribution >= 4 is 17.3 Å². The van der Waals surface area contributed by atoms with Gasteiger partial charge in [0.15, 0.2) is 0 Å². The molecule has 0 radical (unpaired) electrons. The van der Waals surface area contributed by atoms with Crippen molar-refractivity contribution in [1.29, 1.82) is 0 Å². The second kappa shape index (κ2) is 6.17. The van der Waals surface area contributed by atoms with Gasteiger partial charge in [-0.2, -0.15) is 0 Å². The van der Waals surface area contributed by atoms with Gasteiger partial charge in [-0.3, -0.25) is 14.9 Å². The molecule has 0 heterocycles. The molecule has 1 aliphatic rings. The Kier molecular flexibility index (Phi) is 4.33. The Labute approximate surface area is 111 Å². The van der Waals surface area contributed by atoms with Crippen LogP contribution < -0.4 is 10.6 Å². The summed E-state index contributed by atoms with van der Waals surface area (Å²) in [6.07, 6.45) is 3.46. The number of rotatable bonds is 7. The first-order valence-electron chi connectivity index (χ1n) is 6.43. The van der Waals surface area contributed by atoms with Crippen molar-refractivity contribution in [3.05, 3.63) is 34.4 Å². The van der Waals surface area contributed by atoms with E-state index in [-0.39, 0.29) is 11.6 Å². The Morgan fingerprint density at radius 2 is 2.00 bits per heavy atom. The molecule has 1 aliphatic carbocycles. The third-order valence-electron chi connectivity index (χ3n) is 2.93. The van der Waals surface area contributed by atoms with E-state index in [0.717, 1.165) is 24.9 Å². The van der Waals surface area contributed by atoms with Crippen LogP contribution >= 0.6 is 0 Å². The van der Waals surface area contributed by atoms with E-state index in [1.165, 1.54) is 12.1 Å². The van der Waals surface area contributed by atoms with Crippen molar-refractivity contribution in [3.8, 4) is 0 Å². The molecule has 0 aliphatic heterocycles. The Bertz CT molecular complexity index is 455. The Morgan fingerprint density at radius 1 is 1.32 bits per heavy atom. The highest BCUT2D eigenvalue weighted by atomic mass is 16.6. The van der Waals surface area contributed by atoms with Gasteiger partial charge in [-0.1, -0.05) is 0 Å². The van der Waals surface area contributed by atoms with Crippen LogP contribution in [0.15, 0.2) is 24.3 Å². The lowest BCUT2D eigenvalue weighted by Crippen LogP contribution is -2.25. The van der Waals surface area contributed by atoms with Gasteiger partial charge in [-0.15, -0.1) is 0 Å². The molecule has 6 nitrogen and oxygen atoms in total. The molecule has 0 unspecified atom stereocenters. The largest absolute Gasteiger partial charge is 0.385 e. The SMILES string of the molecule is O=C(CCCNc1ccc([N+](=O)[O-])cc1)NC1CC1. The lowest BCUT2D eigenvalue weighted by Gasteiger charge is -2.06. The van der Waals surface area contributed by atoms with Crippen LogP contribution in [0.1, 0.15) is 25.7 Å². The molecule has 1 saturated carbocycles. The topological polar surface area (TPSA) is 84.3 Å². The first-order chi connectivity index (χ1) is 9.15. The molecule has 0 atom stereocenters. The molecular weight excluding hydrogens is 246 g/mol. The molecule has 1 aromatic rings. The molecule has 0 bridgehead atoms. The van der Waals surface area contributed by atoms with E-state index >= 15 is 0 Å². The zero-order chi connectivity index (χ0) is 13.7. The zero-order valence-electron chi connectivity index (χ0n) is 10.6. The molecule has 0 aromatic heterocycles. The summed E-state index contributed by atoms with van der Waals surface area (Å²) in [6.45, 7) is 0.676. The maximum absolute atomic E-state index is 11.4. The molecule has 1 amide bonds. The molecule has 1 fully saturated rings. The standard InChI is InChI=1S/C13H17N3O3/c17-13(15-11-3-4-11)2-1-9-14-10-5-7-12(8-6-10)16(18)19/h5-8,11,14H,1-4,9H2,(H,15,17). The van der Waals surface area contributed by atoms with Gasteiger partial charge in [0.1, 0.15) is 0 Å². The lowest BCUT2D eigenvalue weighted by molar-refractivity contribution is -0.384. The fraction of sp³-hybridized carbons (Fsp3) is 0.462. The highest BCUT2D eigenvalue weighted by Gasteiger charge is 2.22. The van der Waals surface area contributed by atoms with Crippen molar-refractivity contribution < 1.29 is 9.72 Å². The lowest BCUT2D eigenvalue weighted by atomic mass is 10.2. The fourth-order valence-electron chi connectivity index (χ4n) is 1.71. The van der Waals surface area contributed by atoms with Gasteiger partial charge < -0.3 is 10.6 Å². The molecular formula is C13H17N3O3. The normalized spacial score (nSPS) is 13.9. The summed E-state index contributed by atoms with van der Waals surface area (Å²) in [4.78, 5) is 21.5. The number of anilines is 1. The van der Waals surface area contributed by atoms with Gasteiger partial charge in [-0.05, 0) is 31.4 Å². The van der Waals surface area contributed by atoms with Crippen LogP contribution in [-0.4, -0.2) is 23.4 Å². The second-order valence-corrected chi connectivity index (χ2v) is 4.68. The molecule has 0 spiro atoms. The van der Waals surface area contributed by atoms with Gasteiger partial charge in [0.05, 0.1) is 4.92 Å². The molecule has 1 aromatic carbocycles. The van der Waals surface area contributed by atoms with Crippen LogP contribution in [0.3, 0.4) is 0 Å². The number of benzene rings is 1. The average molecular weight is 263 g/mol. The minimum atomic E-state index is -0.425. The first-order valence-corrected chi connectivity index (χ1v) is 6.43. The average Bonchev–Trinajstić information content (AvgIpc) is 3.19. The minimum absolute atomic E-state index is 0.0781. The number of hydrogen-bond acceptors (Lipinski definition) is 4. The second-order valence-electron chi connectivity index (χ2n) is 4.68. The summed E-state index contributed by atoms with van der Waals surface area (Å²) in [7, 11) is 0. The monoisotopic (exact) mass is 263 g/mol. The van der Waals surface area contributed by atoms with Crippen LogP contribution in [0.4, 0.5) is 11.4 Å². The Hall–Kier alpha value is -2.11. The van der Waals surface area contributed by atoms with Crippen LogP contribution in [0.5, 0.6) is 0 Å². The summed E-state index contributed by atoms with van der Waals surface area (Å²) in [5.41, 5.74) is 0.905. The van der Waals surface area contributed by atoms with Gasteiger partial charge in [0.2, 0.25) is 5.91 Å². The number of nitrogens with zero attached hydrogens (tertiary/aromatic N) is 1. The van der Waals surface area contributed by atoms with E-state index in [1.807, 2.05) is 0 Å². The van der Waals surface area contributed by atoms with Gasteiger partial charge in [0.25, 0.3) is 5.69 Å². The van der Waals surface area contributed by atoms with E-state index in [4.69, 9.17) is 0 Å². The van der Waals surface area contributed by atoms with E-state index in [2.05, 4.69) is 10.6 Å². The molecule has 19 heavy (non-hydrogen) atoms. The summed E-state index contributed by atoms with van der Waals surface area (Å²) < 4.78 is 0. The number of nitro groups is 1. The van der Waals surface area contributed by atoms with Crippen LogP contribution in [0, 0.1) is 10.1 Å².